The van der Waals surface area contributed by atoms with E-state index < -0.39 is 0 Å². The van der Waals surface area contributed by atoms with Crippen LogP contribution in [0, 0.1) is 34.6 Å². The first-order valence-electron chi connectivity index (χ1n) is 8.25. The highest BCUT2D eigenvalue weighted by molar-refractivity contribution is 6.03. The summed E-state index contributed by atoms with van der Waals surface area (Å²) in [5, 5.41) is 11.8. The fraction of sp³-hybridized carbons (Fsp3) is 0.250. The number of carbonyl (C=O) groups is 1. The minimum absolute atomic E-state index is 0.250. The van der Waals surface area contributed by atoms with Gasteiger partial charge < -0.3 is 5.32 Å². The van der Waals surface area contributed by atoms with E-state index in [0.29, 0.717) is 11.4 Å². The highest BCUT2D eigenvalue weighted by atomic mass is 16.2. The lowest BCUT2D eigenvalue weighted by atomic mass is 10.1. The Morgan fingerprint density at radius 2 is 1.52 bits per heavy atom. The van der Waals surface area contributed by atoms with Crippen LogP contribution in [0.2, 0.25) is 0 Å². The zero-order valence-electron chi connectivity index (χ0n) is 15.2. The van der Waals surface area contributed by atoms with Gasteiger partial charge in [0.15, 0.2) is 5.69 Å². The van der Waals surface area contributed by atoms with Gasteiger partial charge in [-0.1, -0.05) is 35.4 Å². The maximum absolute atomic E-state index is 12.6. The molecule has 0 unspecified atom stereocenters. The maximum atomic E-state index is 12.6. The molecule has 1 aromatic heterocycles. The summed E-state index contributed by atoms with van der Waals surface area (Å²) in [6, 6.07) is 12.0. The number of rotatable bonds is 3. The summed E-state index contributed by atoms with van der Waals surface area (Å²) in [5.74, 6) is -0.250. The molecule has 0 aliphatic carbocycles. The molecule has 1 amide bonds. The molecule has 128 valence electrons. The number of anilines is 1. The monoisotopic (exact) mass is 334 g/mol. The van der Waals surface area contributed by atoms with Crippen molar-refractivity contribution in [3.63, 3.8) is 0 Å². The molecule has 3 rings (SSSR count). The molecule has 0 saturated heterocycles. The molecule has 0 spiro atoms. The van der Waals surface area contributed by atoms with E-state index in [1.165, 1.54) is 10.4 Å². The van der Waals surface area contributed by atoms with Crippen molar-refractivity contribution in [1.29, 1.82) is 0 Å². The fourth-order valence-electron chi connectivity index (χ4n) is 2.86. The number of carbonyl (C=O) groups excluding carboxylic acids is 1. The predicted octanol–water partition coefficient (Wildman–Crippen LogP) is 4.06. The van der Waals surface area contributed by atoms with Gasteiger partial charge in [0, 0.05) is 5.69 Å². The average Bonchev–Trinajstić information content (AvgIpc) is 2.91. The second kappa shape index (κ2) is 6.51. The zero-order chi connectivity index (χ0) is 18.1. The number of amides is 1. The van der Waals surface area contributed by atoms with Crippen molar-refractivity contribution in [3.8, 4) is 5.69 Å². The molecule has 1 N–H and O–H groups in total. The van der Waals surface area contributed by atoms with Gasteiger partial charge in [0.05, 0.1) is 11.4 Å². The van der Waals surface area contributed by atoms with E-state index in [0.717, 1.165) is 28.1 Å². The SMILES string of the molecule is Cc1ccc(NC(=O)c2nn(-c3ccc(C)cc3C)nc2C)c(C)c1. The molecule has 2 aromatic carbocycles. The summed E-state index contributed by atoms with van der Waals surface area (Å²) < 4.78 is 0. The standard InChI is InChI=1S/C20H22N4O/c1-12-6-8-17(14(3)10-12)21-20(25)19-16(5)22-24(23-19)18-9-7-13(2)11-15(18)4/h6-11H,1-5H3,(H,21,25). The molecular formula is C20H22N4O. The first-order valence-corrected chi connectivity index (χ1v) is 8.25. The van der Waals surface area contributed by atoms with E-state index in [4.69, 9.17) is 0 Å². The van der Waals surface area contributed by atoms with Gasteiger partial charge >= 0.3 is 0 Å². The number of benzene rings is 2. The van der Waals surface area contributed by atoms with Gasteiger partial charge in [-0.3, -0.25) is 4.79 Å². The van der Waals surface area contributed by atoms with Crippen LogP contribution in [0.15, 0.2) is 36.4 Å². The molecule has 25 heavy (non-hydrogen) atoms. The quantitative estimate of drug-likeness (QED) is 0.786. The smallest absolute Gasteiger partial charge is 0.278 e. The number of nitrogens with one attached hydrogen (secondary N) is 1. The second-order valence-corrected chi connectivity index (χ2v) is 6.49. The zero-order valence-corrected chi connectivity index (χ0v) is 15.2. The van der Waals surface area contributed by atoms with Crippen LogP contribution in [0.25, 0.3) is 5.69 Å². The Labute approximate surface area is 147 Å². The lowest BCUT2D eigenvalue weighted by Crippen LogP contribution is -2.15. The molecule has 0 aliphatic rings. The van der Waals surface area contributed by atoms with E-state index >= 15 is 0 Å². The van der Waals surface area contributed by atoms with Crippen LogP contribution in [0.5, 0.6) is 0 Å². The summed E-state index contributed by atoms with van der Waals surface area (Å²) in [4.78, 5) is 14.2. The van der Waals surface area contributed by atoms with Crippen molar-refractivity contribution in [2.24, 2.45) is 0 Å². The molecule has 0 atom stereocenters. The molecule has 0 radical (unpaired) electrons. The van der Waals surface area contributed by atoms with Crippen molar-refractivity contribution in [2.45, 2.75) is 34.6 Å². The summed E-state index contributed by atoms with van der Waals surface area (Å²) in [6.07, 6.45) is 0. The Morgan fingerprint density at radius 1 is 0.880 bits per heavy atom. The topological polar surface area (TPSA) is 59.8 Å². The highest BCUT2D eigenvalue weighted by Crippen LogP contribution is 2.19. The minimum atomic E-state index is -0.250. The summed E-state index contributed by atoms with van der Waals surface area (Å²) in [6.45, 7) is 9.85. The van der Waals surface area contributed by atoms with Gasteiger partial charge in [-0.05, 0) is 57.9 Å². The van der Waals surface area contributed by atoms with Crippen molar-refractivity contribution >= 4 is 11.6 Å². The van der Waals surface area contributed by atoms with E-state index in [9.17, 15) is 4.79 Å². The van der Waals surface area contributed by atoms with Crippen LogP contribution in [0.3, 0.4) is 0 Å². The molecule has 5 nitrogen and oxygen atoms in total. The normalized spacial score (nSPS) is 10.8. The van der Waals surface area contributed by atoms with Crippen molar-refractivity contribution in [2.75, 3.05) is 5.32 Å². The minimum Gasteiger partial charge on any atom is -0.320 e. The van der Waals surface area contributed by atoms with Crippen LogP contribution < -0.4 is 5.32 Å². The van der Waals surface area contributed by atoms with Crippen LogP contribution >= 0.6 is 0 Å². The highest BCUT2D eigenvalue weighted by Gasteiger charge is 2.18. The third-order valence-corrected chi connectivity index (χ3v) is 4.20. The van der Waals surface area contributed by atoms with Gasteiger partial charge in [-0.15, -0.1) is 5.10 Å². The van der Waals surface area contributed by atoms with Gasteiger partial charge in [0.25, 0.3) is 5.91 Å². The van der Waals surface area contributed by atoms with Gasteiger partial charge in [-0.2, -0.15) is 9.90 Å². The fourth-order valence-corrected chi connectivity index (χ4v) is 2.86. The van der Waals surface area contributed by atoms with Crippen molar-refractivity contribution in [3.05, 3.63) is 70.0 Å². The van der Waals surface area contributed by atoms with Crippen molar-refractivity contribution in [1.82, 2.24) is 15.0 Å². The third-order valence-electron chi connectivity index (χ3n) is 4.20. The number of hydrogen-bond acceptors (Lipinski definition) is 3. The lowest BCUT2D eigenvalue weighted by Gasteiger charge is -2.08. The molecule has 0 saturated carbocycles. The molecular weight excluding hydrogens is 312 g/mol. The lowest BCUT2D eigenvalue weighted by molar-refractivity contribution is 0.102. The Hall–Kier alpha value is -2.95. The molecule has 1 heterocycles. The number of nitrogens with zero attached hydrogens (tertiary/aromatic N) is 3. The number of aromatic nitrogens is 3. The average molecular weight is 334 g/mol. The summed E-state index contributed by atoms with van der Waals surface area (Å²) in [5.41, 5.74) is 7.02. The molecule has 0 fully saturated rings. The van der Waals surface area contributed by atoms with Crippen LogP contribution in [0.4, 0.5) is 5.69 Å². The van der Waals surface area contributed by atoms with E-state index in [2.05, 4.69) is 21.6 Å². The third kappa shape index (κ3) is 3.45. The maximum Gasteiger partial charge on any atom is 0.278 e. The van der Waals surface area contributed by atoms with E-state index in [1.54, 1.807) is 6.92 Å². The number of aryl methyl sites for hydroxylation is 5. The molecule has 0 bridgehead atoms. The first-order chi connectivity index (χ1) is 11.8. The van der Waals surface area contributed by atoms with Gasteiger partial charge in [0.2, 0.25) is 0 Å². The summed E-state index contributed by atoms with van der Waals surface area (Å²) in [7, 11) is 0. The number of hydrogen-bond donors (Lipinski definition) is 1. The molecule has 5 heteroatoms. The molecule has 3 aromatic rings. The van der Waals surface area contributed by atoms with Crippen LogP contribution in [-0.4, -0.2) is 20.9 Å². The summed E-state index contributed by atoms with van der Waals surface area (Å²) >= 11 is 0. The Kier molecular flexibility index (Phi) is 4.40. The Bertz CT molecular complexity index is 956. The predicted molar refractivity (Wildman–Crippen MR) is 99.4 cm³/mol. The Balaban J connectivity index is 1.90. The second-order valence-electron chi connectivity index (χ2n) is 6.49. The van der Waals surface area contributed by atoms with E-state index in [-0.39, 0.29) is 5.91 Å². The first kappa shape index (κ1) is 16.9. The molecule has 0 aliphatic heterocycles. The largest absolute Gasteiger partial charge is 0.320 e. The van der Waals surface area contributed by atoms with E-state index in [1.807, 2.05) is 58.0 Å². The van der Waals surface area contributed by atoms with Gasteiger partial charge in [-0.25, -0.2) is 0 Å². The van der Waals surface area contributed by atoms with Gasteiger partial charge in [0.1, 0.15) is 0 Å². The van der Waals surface area contributed by atoms with Crippen LogP contribution in [-0.2, 0) is 0 Å². The van der Waals surface area contributed by atoms with Crippen LogP contribution in [0.1, 0.15) is 38.4 Å². The van der Waals surface area contributed by atoms with Crippen molar-refractivity contribution < 1.29 is 4.79 Å². The Morgan fingerprint density at radius 3 is 2.16 bits per heavy atom.